The van der Waals surface area contributed by atoms with Crippen LogP contribution in [0, 0.1) is 0 Å². The Bertz CT molecular complexity index is 570. The molecule has 2 aromatic rings. The molecule has 2 nitrogen and oxygen atoms in total. The summed E-state index contributed by atoms with van der Waals surface area (Å²) in [5, 5.41) is 0. The fraction of sp³-hybridized carbons (Fsp3) is 0.333. The molecule has 1 fully saturated rings. The van der Waals surface area contributed by atoms with Crippen LogP contribution in [0.5, 0.6) is 5.75 Å². The van der Waals surface area contributed by atoms with E-state index >= 15 is 0 Å². The molecule has 2 aromatic carbocycles. The van der Waals surface area contributed by atoms with Gasteiger partial charge in [-0.1, -0.05) is 0 Å². The molecule has 1 aliphatic heterocycles. The van der Waals surface area contributed by atoms with Gasteiger partial charge in [0.15, 0.2) is 0 Å². The third kappa shape index (κ3) is 3.49. The standard InChI is InChI=1S/C18H20O2Se/c1-19-16-11-6-5-10-15(16)18-17(12-7-13-20-18)21-14-8-3-2-4-9-14/h2-6,8-11,17-18H,7,12-13H2,1H3/t17-,18-/m0/s1. The van der Waals surface area contributed by atoms with Crippen molar-refractivity contribution in [3.63, 3.8) is 0 Å². The summed E-state index contributed by atoms with van der Waals surface area (Å²) in [6.45, 7) is 0.851. The first kappa shape index (κ1) is 14.6. The van der Waals surface area contributed by atoms with Crippen LogP contribution in [-0.4, -0.2) is 28.7 Å². The molecule has 21 heavy (non-hydrogen) atoms. The van der Waals surface area contributed by atoms with Crippen molar-refractivity contribution in [3.8, 4) is 5.75 Å². The third-order valence-electron chi connectivity index (χ3n) is 3.74. The topological polar surface area (TPSA) is 18.5 Å². The van der Waals surface area contributed by atoms with Crippen molar-refractivity contribution in [1.29, 1.82) is 0 Å². The fourth-order valence-corrected chi connectivity index (χ4v) is 5.46. The Morgan fingerprint density at radius 3 is 2.62 bits per heavy atom. The first-order chi connectivity index (χ1) is 10.4. The summed E-state index contributed by atoms with van der Waals surface area (Å²) in [6.07, 6.45) is 2.55. The molecule has 0 saturated carbocycles. The maximum atomic E-state index is 6.13. The van der Waals surface area contributed by atoms with E-state index in [0.717, 1.165) is 18.8 Å². The van der Waals surface area contributed by atoms with Crippen LogP contribution in [-0.2, 0) is 4.74 Å². The van der Waals surface area contributed by atoms with E-state index in [-0.39, 0.29) is 6.10 Å². The molecule has 1 heterocycles. The molecule has 0 amide bonds. The van der Waals surface area contributed by atoms with Crippen LogP contribution in [0.3, 0.4) is 0 Å². The SMILES string of the molecule is COc1ccccc1[C@@H]1OCCC[C@@H]1[Se]c1ccccc1. The summed E-state index contributed by atoms with van der Waals surface area (Å²) in [5.74, 6) is 0.943. The molecule has 0 radical (unpaired) electrons. The van der Waals surface area contributed by atoms with Gasteiger partial charge in [0.25, 0.3) is 0 Å². The summed E-state index contributed by atoms with van der Waals surface area (Å²) in [6, 6.07) is 19.0. The van der Waals surface area contributed by atoms with E-state index in [1.165, 1.54) is 16.4 Å². The van der Waals surface area contributed by atoms with Gasteiger partial charge >= 0.3 is 132 Å². The van der Waals surface area contributed by atoms with Crippen LogP contribution in [0.15, 0.2) is 54.6 Å². The summed E-state index contributed by atoms with van der Waals surface area (Å²) in [4.78, 5) is 0.574. The Balaban J connectivity index is 1.84. The minimum absolute atomic E-state index is 0.162. The van der Waals surface area contributed by atoms with Crippen molar-refractivity contribution in [2.75, 3.05) is 13.7 Å². The van der Waals surface area contributed by atoms with E-state index in [1.54, 1.807) is 7.11 Å². The normalized spacial score (nSPS) is 22.0. The van der Waals surface area contributed by atoms with Crippen LogP contribution in [0.1, 0.15) is 24.5 Å². The van der Waals surface area contributed by atoms with Crippen LogP contribution >= 0.6 is 0 Å². The van der Waals surface area contributed by atoms with Gasteiger partial charge in [-0.2, -0.15) is 0 Å². The second-order valence-corrected chi connectivity index (χ2v) is 7.90. The predicted molar refractivity (Wildman–Crippen MR) is 86.5 cm³/mol. The zero-order valence-electron chi connectivity index (χ0n) is 12.2. The summed E-state index contributed by atoms with van der Waals surface area (Å²) in [7, 11) is 1.74. The maximum absolute atomic E-state index is 6.13. The number of hydrogen-bond acceptors (Lipinski definition) is 2. The zero-order chi connectivity index (χ0) is 14.5. The van der Waals surface area contributed by atoms with Gasteiger partial charge in [-0.05, 0) is 0 Å². The van der Waals surface area contributed by atoms with Crippen LogP contribution in [0.4, 0.5) is 0 Å². The Kier molecular flexibility index (Phi) is 4.97. The first-order valence-electron chi connectivity index (χ1n) is 7.34. The number of methoxy groups -OCH3 is 1. The molecule has 110 valence electrons. The van der Waals surface area contributed by atoms with E-state index < -0.39 is 0 Å². The van der Waals surface area contributed by atoms with Crippen LogP contribution < -0.4 is 9.20 Å². The van der Waals surface area contributed by atoms with Crippen molar-refractivity contribution in [1.82, 2.24) is 0 Å². The fourth-order valence-electron chi connectivity index (χ4n) is 2.74. The average Bonchev–Trinajstić information content (AvgIpc) is 2.56. The van der Waals surface area contributed by atoms with Crippen molar-refractivity contribution in [2.45, 2.75) is 23.8 Å². The molecule has 0 bridgehead atoms. The molecular weight excluding hydrogens is 327 g/mol. The van der Waals surface area contributed by atoms with E-state index in [1.807, 2.05) is 12.1 Å². The second kappa shape index (κ2) is 7.13. The molecule has 1 aliphatic rings. The summed E-state index contributed by atoms with van der Waals surface area (Å²) < 4.78 is 13.1. The second-order valence-electron chi connectivity index (χ2n) is 5.14. The Morgan fingerprint density at radius 1 is 1.05 bits per heavy atom. The number of ether oxygens (including phenoxy) is 2. The van der Waals surface area contributed by atoms with Gasteiger partial charge in [-0.15, -0.1) is 0 Å². The predicted octanol–water partition coefficient (Wildman–Crippen LogP) is 3.36. The first-order valence-corrected chi connectivity index (χ1v) is 9.19. The molecule has 0 aromatic heterocycles. The third-order valence-corrected chi connectivity index (χ3v) is 6.53. The summed E-state index contributed by atoms with van der Waals surface area (Å²) >= 11 is 0.424. The number of benzene rings is 2. The molecule has 0 spiro atoms. The van der Waals surface area contributed by atoms with Gasteiger partial charge in [-0.3, -0.25) is 0 Å². The molecule has 3 rings (SSSR count). The molecule has 2 atom stereocenters. The van der Waals surface area contributed by atoms with Crippen molar-refractivity contribution in [3.05, 3.63) is 60.2 Å². The Labute approximate surface area is 132 Å². The monoisotopic (exact) mass is 348 g/mol. The van der Waals surface area contributed by atoms with Gasteiger partial charge in [0.05, 0.1) is 0 Å². The van der Waals surface area contributed by atoms with E-state index in [0.29, 0.717) is 19.8 Å². The van der Waals surface area contributed by atoms with Crippen molar-refractivity contribution < 1.29 is 9.47 Å². The van der Waals surface area contributed by atoms with Crippen LogP contribution in [0.25, 0.3) is 0 Å². The molecular formula is C18H20O2Se. The van der Waals surface area contributed by atoms with Gasteiger partial charge in [-0.25, -0.2) is 0 Å². The number of para-hydroxylation sites is 1. The van der Waals surface area contributed by atoms with E-state index in [2.05, 4.69) is 42.5 Å². The molecule has 1 saturated heterocycles. The Hall–Kier alpha value is -1.28. The van der Waals surface area contributed by atoms with Gasteiger partial charge in [0.1, 0.15) is 0 Å². The Morgan fingerprint density at radius 2 is 1.81 bits per heavy atom. The number of rotatable bonds is 4. The van der Waals surface area contributed by atoms with Crippen LogP contribution in [0.2, 0.25) is 4.82 Å². The molecule has 3 heteroatoms. The van der Waals surface area contributed by atoms with Gasteiger partial charge < -0.3 is 0 Å². The molecule has 0 aliphatic carbocycles. The average molecular weight is 347 g/mol. The molecule has 0 unspecified atom stereocenters. The van der Waals surface area contributed by atoms with Crippen molar-refractivity contribution in [2.24, 2.45) is 0 Å². The van der Waals surface area contributed by atoms with Crippen molar-refractivity contribution >= 4 is 19.4 Å². The zero-order valence-corrected chi connectivity index (χ0v) is 13.9. The number of hydrogen-bond donors (Lipinski definition) is 0. The molecule has 0 N–H and O–H groups in total. The van der Waals surface area contributed by atoms with E-state index in [4.69, 9.17) is 9.47 Å². The summed E-state index contributed by atoms with van der Waals surface area (Å²) in [5.41, 5.74) is 1.20. The quantitative estimate of drug-likeness (QED) is 0.790. The minimum atomic E-state index is 0.162. The van der Waals surface area contributed by atoms with Gasteiger partial charge in [0, 0.05) is 0 Å². The van der Waals surface area contributed by atoms with E-state index in [9.17, 15) is 0 Å². The van der Waals surface area contributed by atoms with Gasteiger partial charge in [0.2, 0.25) is 0 Å².